The van der Waals surface area contributed by atoms with Crippen molar-refractivity contribution in [2.75, 3.05) is 7.11 Å². The maximum absolute atomic E-state index is 12.7. The molecule has 0 aliphatic heterocycles. The van der Waals surface area contributed by atoms with Gasteiger partial charge in [-0.2, -0.15) is 5.10 Å². The molecule has 4 rings (SSSR count). The van der Waals surface area contributed by atoms with E-state index in [2.05, 4.69) is 10.4 Å². The third-order valence-corrected chi connectivity index (χ3v) is 5.07. The molecule has 146 valence electrons. The van der Waals surface area contributed by atoms with E-state index in [-0.39, 0.29) is 5.91 Å². The number of nitrogens with one attached hydrogen (secondary N) is 1. The Morgan fingerprint density at radius 2 is 1.93 bits per heavy atom. The molecular weight excluding hydrogens is 362 g/mol. The predicted octanol–water partition coefficient (Wildman–Crippen LogP) is 4.33. The van der Waals surface area contributed by atoms with Gasteiger partial charge in [-0.1, -0.05) is 42.5 Å². The second kappa shape index (κ2) is 8.19. The Kier molecular flexibility index (Phi) is 5.29. The number of nitrogens with zero attached hydrogens (tertiary/aromatic N) is 2. The van der Waals surface area contributed by atoms with Crippen LogP contribution in [-0.4, -0.2) is 22.8 Å². The lowest BCUT2D eigenvalue weighted by Gasteiger charge is -2.09. The van der Waals surface area contributed by atoms with Crippen LogP contribution in [-0.2, 0) is 13.1 Å². The fourth-order valence-electron chi connectivity index (χ4n) is 3.37. The van der Waals surface area contributed by atoms with E-state index in [4.69, 9.17) is 4.74 Å². The number of carbonyl (C=O) groups is 1. The van der Waals surface area contributed by atoms with Crippen molar-refractivity contribution in [1.82, 2.24) is 15.1 Å². The Morgan fingerprint density at radius 3 is 2.76 bits per heavy atom. The van der Waals surface area contributed by atoms with Crippen LogP contribution in [0.2, 0.25) is 0 Å². The third-order valence-electron chi connectivity index (χ3n) is 5.07. The molecule has 5 nitrogen and oxygen atoms in total. The van der Waals surface area contributed by atoms with Crippen LogP contribution in [0.15, 0.2) is 72.9 Å². The highest BCUT2D eigenvalue weighted by Gasteiger charge is 2.10. The van der Waals surface area contributed by atoms with Gasteiger partial charge in [-0.3, -0.25) is 9.48 Å². The van der Waals surface area contributed by atoms with Crippen molar-refractivity contribution in [2.24, 2.45) is 0 Å². The smallest absolute Gasteiger partial charge is 0.251 e. The van der Waals surface area contributed by atoms with Crippen molar-refractivity contribution in [3.8, 4) is 5.75 Å². The quantitative estimate of drug-likeness (QED) is 0.537. The van der Waals surface area contributed by atoms with Gasteiger partial charge in [0.2, 0.25) is 0 Å². The molecule has 0 saturated heterocycles. The number of amides is 1. The largest absolute Gasteiger partial charge is 0.497 e. The predicted molar refractivity (Wildman–Crippen MR) is 114 cm³/mol. The molecule has 3 aromatic carbocycles. The van der Waals surface area contributed by atoms with E-state index in [0.717, 1.165) is 27.8 Å². The first-order valence-corrected chi connectivity index (χ1v) is 9.55. The summed E-state index contributed by atoms with van der Waals surface area (Å²) in [6.07, 6.45) is 1.82. The Hall–Kier alpha value is -3.60. The summed E-state index contributed by atoms with van der Waals surface area (Å²) in [7, 11) is 1.66. The molecule has 0 fully saturated rings. The number of aryl methyl sites for hydroxylation is 1. The lowest BCUT2D eigenvalue weighted by Crippen LogP contribution is -2.23. The fourth-order valence-corrected chi connectivity index (χ4v) is 3.37. The summed E-state index contributed by atoms with van der Waals surface area (Å²) in [5, 5.41) is 8.51. The molecule has 0 unspecified atom stereocenters. The normalized spacial score (nSPS) is 10.8. The minimum absolute atomic E-state index is 0.0933. The van der Waals surface area contributed by atoms with Gasteiger partial charge < -0.3 is 10.1 Å². The van der Waals surface area contributed by atoms with Gasteiger partial charge >= 0.3 is 0 Å². The lowest BCUT2D eigenvalue weighted by molar-refractivity contribution is 0.0951. The number of hydrogen-bond acceptors (Lipinski definition) is 3. The average molecular weight is 385 g/mol. The molecule has 1 heterocycles. The van der Waals surface area contributed by atoms with Crippen LogP contribution in [0.4, 0.5) is 0 Å². The van der Waals surface area contributed by atoms with E-state index in [1.165, 1.54) is 5.56 Å². The Labute approximate surface area is 169 Å². The monoisotopic (exact) mass is 385 g/mol. The van der Waals surface area contributed by atoms with E-state index in [1.807, 2.05) is 84.5 Å². The van der Waals surface area contributed by atoms with Gasteiger partial charge in [-0.25, -0.2) is 0 Å². The highest BCUT2D eigenvalue weighted by Crippen LogP contribution is 2.19. The van der Waals surface area contributed by atoms with Gasteiger partial charge in [0.15, 0.2) is 0 Å². The fraction of sp³-hybridized carbons (Fsp3) is 0.167. The minimum atomic E-state index is -0.0933. The summed E-state index contributed by atoms with van der Waals surface area (Å²) in [5.74, 6) is 0.722. The van der Waals surface area contributed by atoms with Gasteiger partial charge in [0.25, 0.3) is 5.91 Å². The van der Waals surface area contributed by atoms with Crippen LogP contribution in [0, 0.1) is 6.92 Å². The Bertz CT molecular complexity index is 1160. The van der Waals surface area contributed by atoms with Crippen molar-refractivity contribution in [3.05, 3.63) is 95.2 Å². The summed E-state index contributed by atoms with van der Waals surface area (Å²) in [5.41, 5.74) is 4.92. The zero-order valence-corrected chi connectivity index (χ0v) is 16.6. The van der Waals surface area contributed by atoms with Gasteiger partial charge in [0.1, 0.15) is 5.75 Å². The molecule has 29 heavy (non-hydrogen) atoms. The second-order valence-electron chi connectivity index (χ2n) is 7.04. The first-order chi connectivity index (χ1) is 14.1. The minimum Gasteiger partial charge on any atom is -0.497 e. The number of carbonyl (C=O) groups excluding carboxylic acids is 1. The topological polar surface area (TPSA) is 56.2 Å². The van der Waals surface area contributed by atoms with E-state index in [9.17, 15) is 4.79 Å². The van der Waals surface area contributed by atoms with Crippen LogP contribution in [0.5, 0.6) is 5.75 Å². The maximum atomic E-state index is 12.7. The summed E-state index contributed by atoms with van der Waals surface area (Å²) in [4.78, 5) is 12.7. The molecule has 0 spiro atoms. The van der Waals surface area contributed by atoms with E-state index < -0.39 is 0 Å². The van der Waals surface area contributed by atoms with Crippen LogP contribution >= 0.6 is 0 Å². The van der Waals surface area contributed by atoms with Gasteiger partial charge in [0.05, 0.1) is 25.4 Å². The number of fused-ring (bicyclic) bond motifs is 1. The number of methoxy groups -OCH3 is 1. The molecule has 0 radical (unpaired) electrons. The van der Waals surface area contributed by atoms with Crippen molar-refractivity contribution < 1.29 is 9.53 Å². The average Bonchev–Trinajstić information content (AvgIpc) is 3.15. The van der Waals surface area contributed by atoms with E-state index in [0.29, 0.717) is 18.7 Å². The van der Waals surface area contributed by atoms with Crippen LogP contribution in [0.1, 0.15) is 27.0 Å². The number of hydrogen-bond donors (Lipinski definition) is 1. The number of aromatic nitrogens is 2. The molecule has 0 aliphatic carbocycles. The Balaban J connectivity index is 1.54. The van der Waals surface area contributed by atoms with Crippen molar-refractivity contribution in [2.45, 2.75) is 20.0 Å². The Morgan fingerprint density at radius 1 is 1.07 bits per heavy atom. The van der Waals surface area contributed by atoms with Crippen LogP contribution in [0.3, 0.4) is 0 Å². The molecule has 0 saturated carbocycles. The van der Waals surface area contributed by atoms with E-state index in [1.54, 1.807) is 7.11 Å². The van der Waals surface area contributed by atoms with Crippen LogP contribution in [0.25, 0.3) is 10.9 Å². The highest BCUT2D eigenvalue weighted by molar-refractivity contribution is 5.97. The lowest BCUT2D eigenvalue weighted by atomic mass is 10.1. The molecule has 1 N–H and O–H groups in total. The van der Waals surface area contributed by atoms with Gasteiger partial charge in [-0.05, 0) is 47.9 Å². The number of rotatable bonds is 6. The standard InChI is InChI=1S/C24H23N3O2/c1-17-6-3-4-8-20(17)14-25-24(28)19-10-11-21-15-26-27(23(21)13-19)16-18-7-5-9-22(12-18)29-2/h3-13,15H,14,16H2,1-2H3,(H,25,28). The molecular formula is C24H23N3O2. The molecule has 5 heteroatoms. The molecule has 1 amide bonds. The van der Waals surface area contributed by atoms with Crippen LogP contribution < -0.4 is 10.1 Å². The maximum Gasteiger partial charge on any atom is 0.251 e. The van der Waals surface area contributed by atoms with Crippen molar-refractivity contribution in [3.63, 3.8) is 0 Å². The highest BCUT2D eigenvalue weighted by atomic mass is 16.5. The van der Waals surface area contributed by atoms with Crippen molar-refractivity contribution >= 4 is 16.8 Å². The van der Waals surface area contributed by atoms with Gasteiger partial charge in [-0.15, -0.1) is 0 Å². The van der Waals surface area contributed by atoms with Gasteiger partial charge in [0, 0.05) is 17.5 Å². The third kappa shape index (κ3) is 4.14. The summed E-state index contributed by atoms with van der Waals surface area (Å²) < 4.78 is 7.21. The summed E-state index contributed by atoms with van der Waals surface area (Å²) in [6.45, 7) is 3.16. The molecule has 4 aromatic rings. The zero-order valence-electron chi connectivity index (χ0n) is 16.6. The molecule has 0 atom stereocenters. The molecule has 0 aliphatic rings. The first kappa shape index (κ1) is 18.7. The first-order valence-electron chi connectivity index (χ1n) is 9.55. The summed E-state index contributed by atoms with van der Waals surface area (Å²) in [6, 6.07) is 21.6. The molecule has 1 aromatic heterocycles. The zero-order chi connectivity index (χ0) is 20.2. The van der Waals surface area contributed by atoms with Crippen molar-refractivity contribution in [1.29, 1.82) is 0 Å². The number of ether oxygens (including phenoxy) is 1. The van der Waals surface area contributed by atoms with E-state index >= 15 is 0 Å². The second-order valence-corrected chi connectivity index (χ2v) is 7.04. The molecule has 0 bridgehead atoms. The number of benzene rings is 3. The SMILES string of the molecule is COc1cccc(Cn2ncc3ccc(C(=O)NCc4ccccc4C)cc32)c1. The summed E-state index contributed by atoms with van der Waals surface area (Å²) >= 11 is 0.